The minimum atomic E-state index is -2.56. The molecule has 2 N–H and O–H groups in total. The lowest BCUT2D eigenvalue weighted by molar-refractivity contribution is -0.144. The van der Waals surface area contributed by atoms with Crippen LogP contribution in [0.25, 0.3) is 0 Å². The Balaban J connectivity index is 2.19. The number of carbonyl (C=O) groups excluding carboxylic acids is 4. The fourth-order valence-electron chi connectivity index (χ4n) is 3.17. The van der Waals surface area contributed by atoms with Crippen molar-refractivity contribution in [2.75, 3.05) is 39.8 Å². The van der Waals surface area contributed by atoms with Crippen LogP contribution in [0, 0.1) is 0 Å². The highest BCUT2D eigenvalue weighted by Gasteiger charge is 2.38. The highest BCUT2D eigenvalue weighted by Crippen LogP contribution is 2.58. The first kappa shape index (κ1) is 27.4. The van der Waals surface area contributed by atoms with Crippen LogP contribution in [0.15, 0.2) is 48.1 Å². The van der Waals surface area contributed by atoms with Crippen LogP contribution in [-0.4, -0.2) is 78.7 Å². The van der Waals surface area contributed by atoms with Gasteiger partial charge < -0.3 is 24.6 Å². The second-order valence-electron chi connectivity index (χ2n) is 7.50. The van der Waals surface area contributed by atoms with Crippen LogP contribution in [-0.2, 0) is 23.9 Å². The van der Waals surface area contributed by atoms with Gasteiger partial charge in [-0.05, 0) is 34.5 Å². The third kappa shape index (κ3) is 7.07. The first-order valence-corrected chi connectivity index (χ1v) is 13.9. The molecular weight excluding hydrogens is 480 g/mol. The number of esters is 1. The molecular formula is C22H32N4O6S2. The van der Waals surface area contributed by atoms with Crippen LogP contribution < -0.4 is 10.0 Å². The highest BCUT2D eigenvalue weighted by atomic mass is 33.2. The standard InChI is InChI=1S/C22H32N4O6S2/c1-6-34(22(30)32-5,24-20(28)17-10-8-12-26(3)14-17)33-15-18(21(29)31-4)23-19(27)16-9-7-11-25(2)13-16/h7-8,11-14,18H,6,9-10,15H2,1-5H3,(H,23,27)(H,24,28). The van der Waals surface area contributed by atoms with E-state index >= 15 is 0 Å². The molecule has 0 fully saturated rings. The van der Waals surface area contributed by atoms with Crippen LogP contribution in [0.2, 0.25) is 0 Å². The summed E-state index contributed by atoms with van der Waals surface area (Å²) in [4.78, 5) is 54.5. The molecule has 0 radical (unpaired) electrons. The smallest absolute Gasteiger partial charge is 0.375 e. The van der Waals surface area contributed by atoms with Crippen molar-refractivity contribution < 1.29 is 28.7 Å². The molecule has 2 aliphatic heterocycles. The molecule has 2 atom stereocenters. The zero-order chi connectivity index (χ0) is 25.3. The van der Waals surface area contributed by atoms with Crippen molar-refractivity contribution in [3.63, 3.8) is 0 Å². The topological polar surface area (TPSA) is 117 Å². The van der Waals surface area contributed by atoms with Crippen molar-refractivity contribution in [2.24, 2.45) is 0 Å². The van der Waals surface area contributed by atoms with Crippen molar-refractivity contribution >= 4 is 43.1 Å². The molecule has 2 amide bonds. The number of hydrogen-bond acceptors (Lipinski definition) is 9. The predicted molar refractivity (Wildman–Crippen MR) is 134 cm³/mol. The maximum atomic E-state index is 13.0. The van der Waals surface area contributed by atoms with Gasteiger partial charge >= 0.3 is 11.3 Å². The zero-order valence-electron chi connectivity index (χ0n) is 20.0. The summed E-state index contributed by atoms with van der Waals surface area (Å²) in [5, 5.41) is 2.11. The van der Waals surface area contributed by atoms with E-state index in [0.29, 0.717) is 24.0 Å². The van der Waals surface area contributed by atoms with Gasteiger partial charge in [0.05, 0.1) is 14.2 Å². The van der Waals surface area contributed by atoms with Crippen molar-refractivity contribution in [3.05, 3.63) is 48.1 Å². The molecule has 10 nitrogen and oxygen atoms in total. The average molecular weight is 513 g/mol. The van der Waals surface area contributed by atoms with E-state index in [0.717, 1.165) is 10.8 Å². The lowest BCUT2D eigenvalue weighted by Crippen LogP contribution is -2.45. The Bertz CT molecular complexity index is 932. The Kier molecular flexibility index (Phi) is 10.1. The molecule has 2 rings (SSSR count). The third-order valence-electron chi connectivity index (χ3n) is 4.99. The maximum absolute atomic E-state index is 13.0. The molecule has 0 aromatic heterocycles. The summed E-state index contributed by atoms with van der Waals surface area (Å²) < 4.78 is 12.8. The van der Waals surface area contributed by atoms with Gasteiger partial charge in [-0.25, -0.2) is 9.59 Å². The van der Waals surface area contributed by atoms with Gasteiger partial charge in [0, 0.05) is 49.1 Å². The number of rotatable bonds is 8. The Hall–Kier alpha value is -2.86. The van der Waals surface area contributed by atoms with Gasteiger partial charge in [-0.3, -0.25) is 14.3 Å². The van der Waals surface area contributed by atoms with Crippen molar-refractivity contribution in [1.29, 1.82) is 0 Å². The Morgan fingerprint density at radius 3 is 2.03 bits per heavy atom. The van der Waals surface area contributed by atoms with E-state index in [4.69, 9.17) is 9.47 Å². The van der Waals surface area contributed by atoms with Crippen LogP contribution in [0.4, 0.5) is 4.79 Å². The number of ether oxygens (including phenoxy) is 2. The van der Waals surface area contributed by atoms with Crippen molar-refractivity contribution in [1.82, 2.24) is 19.8 Å². The molecule has 0 aliphatic carbocycles. The molecule has 2 aliphatic rings. The summed E-state index contributed by atoms with van der Waals surface area (Å²) in [6, 6.07) is -1.03. The van der Waals surface area contributed by atoms with Crippen LogP contribution in [0.5, 0.6) is 0 Å². The van der Waals surface area contributed by atoms with E-state index in [1.54, 1.807) is 43.2 Å². The van der Waals surface area contributed by atoms with E-state index in [9.17, 15) is 19.2 Å². The lowest BCUT2D eigenvalue weighted by atomic mass is 10.1. The summed E-state index contributed by atoms with van der Waals surface area (Å²) in [5.41, 5.74) is 0.986. The Labute approximate surface area is 205 Å². The summed E-state index contributed by atoms with van der Waals surface area (Å²) in [7, 11) is 4.61. The summed E-state index contributed by atoms with van der Waals surface area (Å²) in [6.07, 6.45) is 11.6. The van der Waals surface area contributed by atoms with Gasteiger partial charge in [0.1, 0.15) is 6.04 Å². The summed E-state index contributed by atoms with van der Waals surface area (Å²) in [6.45, 7) is 1.77. The molecule has 2 heterocycles. The fourth-order valence-corrected chi connectivity index (χ4v) is 7.74. The third-order valence-corrected chi connectivity index (χ3v) is 10.9. The van der Waals surface area contributed by atoms with E-state index in [1.165, 1.54) is 14.2 Å². The van der Waals surface area contributed by atoms with Gasteiger partial charge in [-0.15, -0.1) is 0 Å². The number of carbonyl (C=O) groups is 4. The van der Waals surface area contributed by atoms with Gasteiger partial charge in [0.25, 0.3) is 5.91 Å². The molecule has 0 saturated heterocycles. The average Bonchev–Trinajstić information content (AvgIpc) is 2.84. The molecule has 12 heteroatoms. The number of methoxy groups -OCH3 is 2. The molecule has 0 aromatic carbocycles. The van der Waals surface area contributed by atoms with E-state index < -0.39 is 32.5 Å². The quantitative estimate of drug-likeness (QED) is 0.373. The summed E-state index contributed by atoms with van der Waals surface area (Å²) in [5.74, 6) is -1.16. The number of allylic oxidation sites excluding steroid dienone is 2. The van der Waals surface area contributed by atoms with Gasteiger partial charge in [0.15, 0.2) is 0 Å². The maximum Gasteiger partial charge on any atom is 0.375 e. The van der Waals surface area contributed by atoms with Crippen LogP contribution in [0.3, 0.4) is 0 Å². The Morgan fingerprint density at radius 1 is 1.00 bits per heavy atom. The number of hydrogen-bond donors (Lipinski definition) is 2. The fraction of sp³-hybridized carbons (Fsp3) is 0.455. The second-order valence-corrected chi connectivity index (χ2v) is 12.9. The minimum Gasteiger partial charge on any atom is -0.467 e. The normalized spacial score (nSPS) is 18.6. The molecule has 188 valence electrons. The van der Waals surface area contributed by atoms with Crippen molar-refractivity contribution in [3.8, 4) is 0 Å². The zero-order valence-corrected chi connectivity index (χ0v) is 21.7. The molecule has 34 heavy (non-hydrogen) atoms. The molecule has 0 spiro atoms. The number of nitrogens with one attached hydrogen (secondary N) is 2. The first-order chi connectivity index (χ1) is 16.2. The van der Waals surface area contributed by atoms with Gasteiger partial charge in [-0.1, -0.05) is 29.9 Å². The van der Waals surface area contributed by atoms with Crippen LogP contribution in [0.1, 0.15) is 19.8 Å². The predicted octanol–water partition coefficient (Wildman–Crippen LogP) is 2.38. The largest absolute Gasteiger partial charge is 0.467 e. The molecule has 2 unspecified atom stereocenters. The SMILES string of the molecule is CCS(NC(=O)C1=CN(C)C=CC1)(SCC(NC(=O)C1=CN(C)C=CC1)C(=O)OC)C(=O)OC. The van der Waals surface area contributed by atoms with E-state index in [1.807, 2.05) is 24.6 Å². The van der Waals surface area contributed by atoms with Crippen LogP contribution >= 0.6 is 20.0 Å². The molecule has 0 saturated carbocycles. The Morgan fingerprint density at radius 2 is 1.56 bits per heavy atom. The van der Waals surface area contributed by atoms with Gasteiger partial charge in [-0.2, -0.15) is 0 Å². The molecule has 0 aromatic rings. The lowest BCUT2D eigenvalue weighted by Gasteiger charge is -2.36. The van der Waals surface area contributed by atoms with E-state index in [2.05, 4.69) is 10.0 Å². The van der Waals surface area contributed by atoms with Gasteiger partial charge in [0.2, 0.25) is 5.91 Å². The minimum absolute atomic E-state index is 0.00871. The van der Waals surface area contributed by atoms with E-state index in [-0.39, 0.29) is 17.4 Å². The summed E-state index contributed by atoms with van der Waals surface area (Å²) >= 11 is 0. The van der Waals surface area contributed by atoms with Crippen molar-refractivity contribution in [2.45, 2.75) is 25.8 Å². The number of amides is 2. The monoisotopic (exact) mass is 512 g/mol. The molecule has 0 bridgehead atoms. The number of nitrogens with zero attached hydrogens (tertiary/aromatic N) is 2. The first-order valence-electron chi connectivity index (χ1n) is 10.6. The second kappa shape index (κ2) is 12.6. The highest BCUT2D eigenvalue weighted by molar-refractivity contribution is 8.99.